The van der Waals surface area contributed by atoms with Gasteiger partial charge in [-0.15, -0.1) is 0 Å². The molecule has 0 fully saturated rings. The zero-order valence-corrected chi connectivity index (χ0v) is 20.6. The summed E-state index contributed by atoms with van der Waals surface area (Å²) in [6, 6.07) is 23.6. The van der Waals surface area contributed by atoms with E-state index in [2.05, 4.69) is 15.2 Å². The number of hydrogen-bond acceptors (Lipinski definition) is 5. The molecule has 0 unspecified atom stereocenters. The smallest absolute Gasteiger partial charge is 0.336 e. The zero-order chi connectivity index (χ0) is 26.6. The SMILES string of the molecule is N=C(N)c1ccc2c(c1)CCN2Cc1ccc(C(=O)NCc2ccccn2)cc1-c1ccccc1C(=O)O. The molecule has 1 aliphatic rings. The molecule has 0 saturated carbocycles. The van der Waals surface area contributed by atoms with Crippen molar-refractivity contribution < 1.29 is 14.7 Å². The Morgan fingerprint density at radius 2 is 1.76 bits per heavy atom. The first-order valence-electron chi connectivity index (χ1n) is 12.3. The number of nitrogen functional groups attached to an aromatic ring is 1. The molecule has 0 spiro atoms. The van der Waals surface area contributed by atoms with Crippen LogP contribution in [0.5, 0.6) is 0 Å². The molecule has 0 aliphatic carbocycles. The predicted molar refractivity (Wildman–Crippen MR) is 146 cm³/mol. The van der Waals surface area contributed by atoms with Gasteiger partial charge in [-0.1, -0.05) is 30.3 Å². The fraction of sp³-hybridized carbons (Fsp3) is 0.133. The number of carboxylic acids is 1. The number of nitrogens with one attached hydrogen (secondary N) is 2. The molecular weight excluding hydrogens is 478 g/mol. The van der Waals surface area contributed by atoms with Gasteiger partial charge in [-0.25, -0.2) is 4.79 Å². The Morgan fingerprint density at radius 3 is 2.53 bits per heavy atom. The summed E-state index contributed by atoms with van der Waals surface area (Å²) in [5.41, 5.74) is 12.1. The van der Waals surface area contributed by atoms with Crippen LogP contribution in [0.15, 0.2) is 85.1 Å². The number of nitrogens with zero attached hydrogens (tertiary/aromatic N) is 2. The summed E-state index contributed by atoms with van der Waals surface area (Å²) in [5.74, 6) is -1.25. The van der Waals surface area contributed by atoms with Crippen molar-refractivity contribution in [3.8, 4) is 11.1 Å². The van der Waals surface area contributed by atoms with Crippen LogP contribution in [-0.4, -0.2) is 34.3 Å². The van der Waals surface area contributed by atoms with Crippen molar-refractivity contribution in [1.29, 1.82) is 5.41 Å². The molecule has 8 nitrogen and oxygen atoms in total. The number of carbonyl (C=O) groups excluding carboxylic acids is 1. The number of anilines is 1. The number of amides is 1. The molecule has 190 valence electrons. The quantitative estimate of drug-likeness (QED) is 0.209. The van der Waals surface area contributed by atoms with E-state index < -0.39 is 5.97 Å². The molecular formula is C30H27N5O3. The summed E-state index contributed by atoms with van der Waals surface area (Å²) < 4.78 is 0. The topological polar surface area (TPSA) is 132 Å². The number of aromatic carboxylic acids is 1. The summed E-state index contributed by atoms with van der Waals surface area (Å²) in [4.78, 5) is 31.6. The minimum atomic E-state index is -1.03. The average Bonchev–Trinajstić information content (AvgIpc) is 3.34. The van der Waals surface area contributed by atoms with Crippen LogP contribution in [0.25, 0.3) is 11.1 Å². The van der Waals surface area contributed by atoms with Crippen LogP contribution >= 0.6 is 0 Å². The average molecular weight is 506 g/mol. The minimum absolute atomic E-state index is 0.0377. The van der Waals surface area contributed by atoms with Crippen LogP contribution in [0.2, 0.25) is 0 Å². The van der Waals surface area contributed by atoms with Gasteiger partial charge in [-0.2, -0.15) is 0 Å². The maximum atomic E-state index is 13.0. The molecule has 0 atom stereocenters. The van der Waals surface area contributed by atoms with Crippen molar-refractivity contribution in [2.45, 2.75) is 19.5 Å². The molecule has 8 heteroatoms. The van der Waals surface area contributed by atoms with Gasteiger partial charge in [0.05, 0.1) is 17.8 Å². The number of hydrogen-bond donors (Lipinski definition) is 4. The fourth-order valence-electron chi connectivity index (χ4n) is 4.79. The highest BCUT2D eigenvalue weighted by Gasteiger charge is 2.23. The molecule has 1 amide bonds. The largest absolute Gasteiger partial charge is 0.478 e. The number of carbonyl (C=O) groups is 2. The number of rotatable bonds is 8. The first-order valence-corrected chi connectivity index (χ1v) is 12.3. The van der Waals surface area contributed by atoms with Gasteiger partial charge in [-0.3, -0.25) is 15.2 Å². The Labute approximate surface area is 220 Å². The van der Waals surface area contributed by atoms with E-state index in [1.165, 1.54) is 0 Å². The summed E-state index contributed by atoms with van der Waals surface area (Å²) in [5, 5.41) is 20.5. The van der Waals surface area contributed by atoms with Gasteiger partial charge in [0.25, 0.3) is 5.91 Å². The van der Waals surface area contributed by atoms with E-state index >= 15 is 0 Å². The van der Waals surface area contributed by atoms with Crippen molar-refractivity contribution in [1.82, 2.24) is 10.3 Å². The Balaban J connectivity index is 1.49. The van der Waals surface area contributed by atoms with Crippen LogP contribution in [0.4, 0.5) is 5.69 Å². The van der Waals surface area contributed by atoms with Crippen molar-refractivity contribution in [3.05, 3.63) is 119 Å². The molecule has 1 aromatic heterocycles. The highest BCUT2D eigenvalue weighted by Crippen LogP contribution is 2.34. The van der Waals surface area contributed by atoms with E-state index in [1.54, 1.807) is 42.6 Å². The normalized spacial score (nSPS) is 12.2. The maximum Gasteiger partial charge on any atom is 0.336 e. The third-order valence-electron chi connectivity index (χ3n) is 6.72. The van der Waals surface area contributed by atoms with Crippen molar-refractivity contribution in [2.24, 2.45) is 5.73 Å². The number of carboxylic acid groups (broad SMARTS) is 1. The molecule has 3 aromatic carbocycles. The monoisotopic (exact) mass is 505 g/mol. The number of benzene rings is 3. The molecule has 4 aromatic rings. The number of aromatic nitrogens is 1. The minimum Gasteiger partial charge on any atom is -0.478 e. The number of fused-ring (bicyclic) bond motifs is 1. The Morgan fingerprint density at radius 1 is 0.974 bits per heavy atom. The van der Waals surface area contributed by atoms with Gasteiger partial charge in [0.2, 0.25) is 0 Å². The lowest BCUT2D eigenvalue weighted by Crippen LogP contribution is -2.24. The summed E-state index contributed by atoms with van der Waals surface area (Å²) in [6.45, 7) is 1.60. The molecule has 38 heavy (non-hydrogen) atoms. The van der Waals surface area contributed by atoms with E-state index in [0.717, 1.165) is 35.5 Å². The zero-order valence-electron chi connectivity index (χ0n) is 20.6. The van der Waals surface area contributed by atoms with E-state index in [1.807, 2.05) is 42.5 Å². The maximum absolute atomic E-state index is 13.0. The third kappa shape index (κ3) is 5.10. The molecule has 5 N–H and O–H groups in total. The third-order valence-corrected chi connectivity index (χ3v) is 6.72. The second-order valence-electron chi connectivity index (χ2n) is 9.16. The first-order chi connectivity index (χ1) is 18.4. The molecule has 0 saturated heterocycles. The lowest BCUT2D eigenvalue weighted by molar-refractivity contribution is 0.0697. The molecule has 2 heterocycles. The predicted octanol–water partition coefficient (Wildman–Crippen LogP) is 4.22. The van der Waals surface area contributed by atoms with Gasteiger partial charge in [-0.05, 0) is 77.2 Å². The molecule has 1 aliphatic heterocycles. The van der Waals surface area contributed by atoms with Gasteiger partial charge >= 0.3 is 5.97 Å². The molecule has 0 bridgehead atoms. The lowest BCUT2D eigenvalue weighted by Gasteiger charge is -2.22. The highest BCUT2D eigenvalue weighted by atomic mass is 16.4. The van der Waals surface area contributed by atoms with Crippen LogP contribution < -0.4 is 16.0 Å². The van der Waals surface area contributed by atoms with Gasteiger partial charge in [0.1, 0.15) is 5.84 Å². The lowest BCUT2D eigenvalue weighted by atomic mass is 9.93. The van der Waals surface area contributed by atoms with E-state index in [4.69, 9.17) is 11.1 Å². The summed E-state index contributed by atoms with van der Waals surface area (Å²) in [7, 11) is 0. The van der Waals surface area contributed by atoms with Gasteiger partial charge in [0, 0.05) is 36.1 Å². The molecule has 0 radical (unpaired) electrons. The Bertz CT molecular complexity index is 1530. The highest BCUT2D eigenvalue weighted by molar-refractivity contribution is 5.99. The van der Waals surface area contributed by atoms with Gasteiger partial charge in [0.15, 0.2) is 0 Å². The summed E-state index contributed by atoms with van der Waals surface area (Å²) >= 11 is 0. The fourth-order valence-corrected chi connectivity index (χ4v) is 4.79. The van der Waals surface area contributed by atoms with Crippen molar-refractivity contribution >= 4 is 23.4 Å². The number of pyridine rings is 1. The second kappa shape index (κ2) is 10.6. The Hall–Kier alpha value is -4.98. The Kier molecular flexibility index (Phi) is 6.86. The molecule has 5 rings (SSSR count). The van der Waals surface area contributed by atoms with Gasteiger partial charge < -0.3 is 21.1 Å². The van der Waals surface area contributed by atoms with Crippen LogP contribution in [0.1, 0.15) is 43.1 Å². The van der Waals surface area contributed by atoms with E-state index in [9.17, 15) is 14.7 Å². The standard InChI is InChI=1S/C30H27N5O3/c31-28(32)20-10-11-27-19(15-20)12-14-35(27)18-22-9-8-21(29(36)34-17-23-5-3-4-13-33-23)16-26(22)24-6-1-2-7-25(24)30(37)38/h1-11,13,15-16H,12,14,17-18H2,(H3,31,32)(H,34,36)(H,37,38). The number of amidine groups is 1. The number of nitrogens with two attached hydrogens (primary N) is 1. The van der Waals surface area contributed by atoms with Crippen LogP contribution in [-0.2, 0) is 19.5 Å². The van der Waals surface area contributed by atoms with E-state index in [0.29, 0.717) is 28.8 Å². The van der Waals surface area contributed by atoms with E-state index in [-0.39, 0.29) is 23.9 Å². The van der Waals surface area contributed by atoms with Crippen molar-refractivity contribution in [3.63, 3.8) is 0 Å². The first kappa shape index (κ1) is 24.7. The van der Waals surface area contributed by atoms with Crippen molar-refractivity contribution in [2.75, 3.05) is 11.4 Å². The van der Waals surface area contributed by atoms with Crippen LogP contribution in [0, 0.1) is 5.41 Å². The summed E-state index contributed by atoms with van der Waals surface area (Å²) in [6.07, 6.45) is 2.50. The van der Waals surface area contributed by atoms with Crippen LogP contribution in [0.3, 0.4) is 0 Å². The second-order valence-corrected chi connectivity index (χ2v) is 9.16.